The van der Waals surface area contributed by atoms with Crippen molar-refractivity contribution in [2.45, 2.75) is 63.6 Å². The second-order valence-electron chi connectivity index (χ2n) is 8.46. The monoisotopic (exact) mass is 468 g/mol. The van der Waals surface area contributed by atoms with Crippen molar-refractivity contribution in [3.63, 3.8) is 0 Å². The minimum atomic E-state index is -3.19. The molecule has 1 aliphatic carbocycles. The molecule has 3 rings (SSSR count). The maximum atomic E-state index is 11.7. The van der Waals surface area contributed by atoms with Crippen LogP contribution in [0.25, 0.3) is 0 Å². The Kier molecular flexibility index (Phi) is 7.67. The number of sulfonamides is 1. The van der Waals surface area contributed by atoms with Crippen LogP contribution >= 0.6 is 0 Å². The Bertz CT molecular complexity index is 944. The highest BCUT2D eigenvalue weighted by atomic mass is 32.2. The molecule has 0 amide bonds. The fraction of sp³-hybridized carbons (Fsp3) is 0.700. The van der Waals surface area contributed by atoms with E-state index in [1.165, 1.54) is 16.8 Å². The van der Waals surface area contributed by atoms with E-state index in [4.69, 9.17) is 4.74 Å². The number of aliphatic imine (C=N–C) groups is 1. The number of piperidine rings is 1. The summed E-state index contributed by atoms with van der Waals surface area (Å²) in [7, 11) is -3.19. The molecule has 2 atom stereocenters. The van der Waals surface area contributed by atoms with Gasteiger partial charge in [0.15, 0.2) is 5.82 Å². The summed E-state index contributed by atoms with van der Waals surface area (Å²) in [6, 6.07) is -0.177. The minimum absolute atomic E-state index is 0.0318. The summed E-state index contributed by atoms with van der Waals surface area (Å²) in [6.45, 7) is 4.63. The smallest absolute Gasteiger partial charge is 0.349 e. The second-order valence-corrected chi connectivity index (χ2v) is 10.4. The maximum absolute atomic E-state index is 11.7. The molecule has 1 saturated heterocycles. The van der Waals surface area contributed by atoms with Crippen molar-refractivity contribution in [2.24, 2.45) is 4.99 Å². The molecule has 0 spiro atoms. The topological polar surface area (TPSA) is 146 Å². The van der Waals surface area contributed by atoms with Crippen LogP contribution in [-0.2, 0) is 19.6 Å². The van der Waals surface area contributed by atoms with Gasteiger partial charge in [-0.1, -0.05) is 0 Å². The number of nitrogens with zero attached hydrogens (tertiary/aromatic N) is 4. The molecule has 3 N–H and O–H groups in total. The van der Waals surface area contributed by atoms with Crippen molar-refractivity contribution in [2.75, 3.05) is 36.6 Å². The normalized spacial score (nSPS) is 25.2. The number of carbonyl (C=O) groups is 1. The fourth-order valence-corrected chi connectivity index (χ4v) is 4.88. The number of nitrogens with one attached hydrogen (secondary N) is 2. The summed E-state index contributed by atoms with van der Waals surface area (Å²) in [5, 5.41) is 17.2. The number of rotatable bonds is 8. The van der Waals surface area contributed by atoms with Crippen LogP contribution in [0.15, 0.2) is 11.2 Å². The van der Waals surface area contributed by atoms with Crippen LogP contribution in [0, 0.1) is 0 Å². The average Bonchev–Trinajstić information content (AvgIpc) is 3.05. The van der Waals surface area contributed by atoms with E-state index in [-0.39, 0.29) is 18.7 Å². The molecular formula is C20H32N6O5S. The van der Waals surface area contributed by atoms with Gasteiger partial charge < -0.3 is 20.5 Å². The summed E-state index contributed by atoms with van der Waals surface area (Å²) in [5.74, 6) is 0.216. The van der Waals surface area contributed by atoms with Crippen LogP contribution in [0.2, 0.25) is 0 Å². The zero-order valence-corrected chi connectivity index (χ0v) is 19.6. The molecule has 1 aliphatic heterocycles. The molecule has 12 heteroatoms. The highest BCUT2D eigenvalue weighted by molar-refractivity contribution is 7.88. The first-order valence-electron chi connectivity index (χ1n) is 10.9. The predicted octanol–water partition coefficient (Wildman–Crippen LogP) is 1.29. The lowest BCUT2D eigenvalue weighted by atomic mass is 10.0. The first-order chi connectivity index (χ1) is 15.1. The van der Waals surface area contributed by atoms with Gasteiger partial charge in [0, 0.05) is 19.1 Å². The van der Waals surface area contributed by atoms with E-state index in [0.29, 0.717) is 49.8 Å². The molecule has 11 nitrogen and oxygen atoms in total. The number of aromatic nitrogens is 2. The number of hydrogen-bond acceptors (Lipinski definition) is 10. The number of esters is 1. The van der Waals surface area contributed by atoms with Crippen molar-refractivity contribution in [1.29, 1.82) is 0 Å². The van der Waals surface area contributed by atoms with Gasteiger partial charge in [-0.25, -0.2) is 27.5 Å². The maximum Gasteiger partial charge on any atom is 0.349 e. The quantitative estimate of drug-likeness (QED) is 0.379. The van der Waals surface area contributed by atoms with Crippen LogP contribution in [0.5, 0.6) is 0 Å². The molecule has 32 heavy (non-hydrogen) atoms. The Labute approximate surface area is 188 Å². The van der Waals surface area contributed by atoms with E-state index in [1.807, 2.05) is 0 Å². The first-order valence-corrected chi connectivity index (χ1v) is 12.7. The summed E-state index contributed by atoms with van der Waals surface area (Å²) < 4.78 is 29.8. The van der Waals surface area contributed by atoms with Gasteiger partial charge >= 0.3 is 5.97 Å². The van der Waals surface area contributed by atoms with E-state index in [0.717, 1.165) is 19.1 Å². The summed E-state index contributed by atoms with van der Waals surface area (Å²) >= 11 is 0. The van der Waals surface area contributed by atoms with E-state index in [1.54, 1.807) is 13.8 Å². The van der Waals surface area contributed by atoms with Crippen LogP contribution < -0.4 is 10.6 Å². The summed E-state index contributed by atoms with van der Waals surface area (Å²) in [6.07, 6.45) is 7.43. The Morgan fingerprint density at radius 1 is 1.38 bits per heavy atom. The van der Waals surface area contributed by atoms with Crippen LogP contribution in [-0.4, -0.2) is 83.6 Å². The molecule has 2 heterocycles. The number of aliphatic hydroxyl groups is 1. The number of ether oxygens (including phenoxy) is 1. The third-order valence-corrected chi connectivity index (χ3v) is 7.16. The van der Waals surface area contributed by atoms with Gasteiger partial charge in [0.2, 0.25) is 16.0 Å². The van der Waals surface area contributed by atoms with Crippen molar-refractivity contribution in [3.05, 3.63) is 6.20 Å². The third kappa shape index (κ3) is 6.36. The summed E-state index contributed by atoms with van der Waals surface area (Å²) in [5.41, 5.74) is -0.516. The van der Waals surface area contributed by atoms with Crippen molar-refractivity contribution in [3.8, 4) is 0 Å². The Morgan fingerprint density at radius 3 is 2.69 bits per heavy atom. The Hall–Kier alpha value is -2.31. The molecule has 178 valence electrons. The van der Waals surface area contributed by atoms with E-state index in [2.05, 4.69) is 25.6 Å². The van der Waals surface area contributed by atoms with Gasteiger partial charge in [0.25, 0.3) is 0 Å². The van der Waals surface area contributed by atoms with E-state index < -0.39 is 21.6 Å². The highest BCUT2D eigenvalue weighted by Crippen LogP contribution is 2.34. The van der Waals surface area contributed by atoms with Crippen molar-refractivity contribution >= 4 is 39.7 Å². The largest absolute Gasteiger partial charge is 0.462 e. The Balaban J connectivity index is 1.75. The molecule has 2 fully saturated rings. The number of hydrogen-bond donors (Lipinski definition) is 3. The average molecular weight is 469 g/mol. The molecule has 0 bridgehead atoms. The van der Waals surface area contributed by atoms with Gasteiger partial charge in [0.05, 0.1) is 30.7 Å². The molecule has 1 aromatic heterocycles. The zero-order chi connectivity index (χ0) is 23.4. The minimum Gasteiger partial charge on any atom is -0.462 e. The van der Waals surface area contributed by atoms with Crippen molar-refractivity contribution < 1.29 is 23.1 Å². The molecule has 2 aliphatic rings. The highest BCUT2D eigenvalue weighted by Gasteiger charge is 2.37. The van der Waals surface area contributed by atoms with Crippen LogP contribution in [0.4, 0.5) is 17.5 Å². The second kappa shape index (κ2) is 10.1. The van der Waals surface area contributed by atoms with Crippen LogP contribution in [0.1, 0.15) is 46.0 Å². The molecule has 0 unspecified atom stereocenters. The van der Waals surface area contributed by atoms with E-state index in [9.17, 15) is 18.3 Å². The van der Waals surface area contributed by atoms with Gasteiger partial charge in [0.1, 0.15) is 11.9 Å². The van der Waals surface area contributed by atoms with E-state index >= 15 is 0 Å². The Morgan fingerprint density at radius 2 is 2.09 bits per heavy atom. The van der Waals surface area contributed by atoms with Gasteiger partial charge in [-0.2, -0.15) is 4.98 Å². The molecule has 1 saturated carbocycles. The van der Waals surface area contributed by atoms with Crippen molar-refractivity contribution in [1.82, 2.24) is 14.3 Å². The predicted molar refractivity (Wildman–Crippen MR) is 122 cm³/mol. The third-order valence-electron chi connectivity index (χ3n) is 5.86. The molecule has 0 radical (unpaired) electrons. The lowest BCUT2D eigenvalue weighted by Crippen LogP contribution is -2.42. The number of anilines is 2. The molecule has 0 aromatic carbocycles. The zero-order valence-electron chi connectivity index (χ0n) is 18.7. The van der Waals surface area contributed by atoms with Gasteiger partial charge in [-0.05, 0) is 46.0 Å². The fourth-order valence-electron chi connectivity index (χ4n) is 4.00. The lowest BCUT2D eigenvalue weighted by molar-refractivity contribution is -0.134. The number of carbonyl (C=O) groups excluding carboxylic acids is 1. The SMILES string of the molecule is CCOC(=O)C=Nc1cnc(NC2CCN(S(C)(=O)=O)CC2)nc1N[C@@H]1CCC[C@@]1(C)O. The van der Waals surface area contributed by atoms with Gasteiger partial charge in [-0.15, -0.1) is 0 Å². The first kappa shape index (κ1) is 24.3. The standard InChI is InChI=1S/C20H32N6O5S/c1-4-31-17(27)13-21-15-12-22-19(23-14-7-10-26(11-8-14)32(3,29)30)25-18(15)24-16-6-5-9-20(16,2)28/h12-14,16,28H,4-11H2,1-3H3,(H2,22,23,24,25)/t16-,20-/m1/s1. The molecular weight excluding hydrogens is 436 g/mol. The van der Waals surface area contributed by atoms with Gasteiger partial charge in [-0.3, -0.25) is 0 Å². The molecule has 1 aromatic rings. The summed E-state index contributed by atoms with van der Waals surface area (Å²) in [4.78, 5) is 24.7. The lowest BCUT2D eigenvalue weighted by Gasteiger charge is -2.31. The van der Waals surface area contributed by atoms with Crippen LogP contribution in [0.3, 0.4) is 0 Å².